The van der Waals surface area contributed by atoms with Gasteiger partial charge in [0.05, 0.1) is 11.2 Å². The third-order valence-corrected chi connectivity index (χ3v) is 4.30. The second-order valence-corrected chi connectivity index (χ2v) is 6.01. The number of benzene rings is 1. The van der Waals surface area contributed by atoms with Crippen LogP contribution in [0.5, 0.6) is 0 Å². The van der Waals surface area contributed by atoms with Crippen molar-refractivity contribution in [3.63, 3.8) is 0 Å². The van der Waals surface area contributed by atoms with Crippen molar-refractivity contribution in [2.45, 2.75) is 12.8 Å². The molecule has 8 nitrogen and oxygen atoms in total. The summed E-state index contributed by atoms with van der Waals surface area (Å²) in [5, 5.41) is 11.5. The minimum atomic E-state index is -0.623. The first-order valence-corrected chi connectivity index (χ1v) is 8.21. The summed E-state index contributed by atoms with van der Waals surface area (Å²) in [6.45, 7) is 1.62. The molecule has 3 heterocycles. The van der Waals surface area contributed by atoms with E-state index in [0.29, 0.717) is 17.0 Å². The Morgan fingerprint density at radius 3 is 2.73 bits per heavy atom. The topological polar surface area (TPSA) is 98.2 Å². The van der Waals surface area contributed by atoms with Crippen LogP contribution in [0.3, 0.4) is 0 Å². The second-order valence-electron chi connectivity index (χ2n) is 6.01. The molecule has 132 valence electrons. The number of anilines is 1. The van der Waals surface area contributed by atoms with E-state index >= 15 is 0 Å². The van der Waals surface area contributed by atoms with Gasteiger partial charge in [0.1, 0.15) is 5.69 Å². The minimum absolute atomic E-state index is 0.0165. The zero-order chi connectivity index (χ0) is 18.1. The van der Waals surface area contributed by atoms with Gasteiger partial charge in [-0.3, -0.25) is 10.1 Å². The number of furan rings is 1. The van der Waals surface area contributed by atoms with E-state index in [1.807, 2.05) is 4.90 Å². The van der Waals surface area contributed by atoms with Crippen molar-refractivity contribution in [1.29, 1.82) is 0 Å². The van der Waals surface area contributed by atoms with Gasteiger partial charge in [0.15, 0.2) is 11.5 Å². The number of esters is 1. The van der Waals surface area contributed by atoms with E-state index in [0.717, 1.165) is 25.9 Å². The Labute approximate surface area is 148 Å². The molecule has 0 saturated carbocycles. The zero-order valence-electron chi connectivity index (χ0n) is 13.8. The van der Waals surface area contributed by atoms with Crippen molar-refractivity contribution in [2.75, 3.05) is 18.0 Å². The molecule has 0 bridgehead atoms. The summed E-state index contributed by atoms with van der Waals surface area (Å²) >= 11 is 0. The van der Waals surface area contributed by atoms with Gasteiger partial charge in [0.25, 0.3) is 11.6 Å². The number of rotatable bonds is 4. The van der Waals surface area contributed by atoms with Crippen LogP contribution >= 0.6 is 0 Å². The lowest BCUT2D eigenvalue weighted by molar-refractivity contribution is -0.384. The molecule has 8 heteroatoms. The zero-order valence-corrected chi connectivity index (χ0v) is 13.8. The highest BCUT2D eigenvalue weighted by molar-refractivity contribution is 6.11. The lowest BCUT2D eigenvalue weighted by Gasteiger charge is -2.17. The molecule has 2 aromatic rings. The summed E-state index contributed by atoms with van der Waals surface area (Å²) in [5.74, 6) is -0.200. The SMILES string of the molecule is O=C1OC(c2ccco2)=NC1=Cc1ccc(N2CCCC2)c([N+](=O)[O-])c1. The molecule has 0 N–H and O–H groups in total. The van der Waals surface area contributed by atoms with Crippen LogP contribution in [0.2, 0.25) is 0 Å². The van der Waals surface area contributed by atoms with Gasteiger partial charge in [-0.15, -0.1) is 0 Å². The molecule has 0 spiro atoms. The predicted octanol–water partition coefficient (Wildman–Crippen LogP) is 3.13. The van der Waals surface area contributed by atoms with Gasteiger partial charge < -0.3 is 14.1 Å². The summed E-state index contributed by atoms with van der Waals surface area (Å²) in [5.41, 5.74) is 1.20. The van der Waals surface area contributed by atoms with Crippen LogP contribution in [0.4, 0.5) is 11.4 Å². The van der Waals surface area contributed by atoms with Gasteiger partial charge in [-0.25, -0.2) is 9.79 Å². The Morgan fingerprint density at radius 2 is 2.04 bits per heavy atom. The molecule has 2 aliphatic heterocycles. The number of aliphatic imine (C=N–C) groups is 1. The average molecular weight is 353 g/mol. The van der Waals surface area contributed by atoms with Crippen LogP contribution in [-0.4, -0.2) is 29.9 Å². The van der Waals surface area contributed by atoms with Crippen LogP contribution < -0.4 is 4.90 Å². The molecule has 4 rings (SSSR count). The highest BCUT2D eigenvalue weighted by atomic mass is 16.6. The van der Waals surface area contributed by atoms with Crippen LogP contribution in [-0.2, 0) is 9.53 Å². The van der Waals surface area contributed by atoms with Crippen LogP contribution in [0.1, 0.15) is 24.2 Å². The summed E-state index contributed by atoms with van der Waals surface area (Å²) in [6.07, 6.45) is 4.98. The lowest BCUT2D eigenvalue weighted by atomic mass is 10.1. The average Bonchev–Trinajstić information content (AvgIpc) is 3.37. The smallest absolute Gasteiger partial charge is 0.363 e. The van der Waals surface area contributed by atoms with Gasteiger partial charge in [-0.05, 0) is 42.7 Å². The van der Waals surface area contributed by atoms with E-state index in [1.165, 1.54) is 18.4 Å². The molecule has 1 fully saturated rings. The number of hydrogen-bond donors (Lipinski definition) is 0. The summed E-state index contributed by atoms with van der Waals surface area (Å²) in [4.78, 5) is 29.2. The highest BCUT2D eigenvalue weighted by Crippen LogP contribution is 2.32. The summed E-state index contributed by atoms with van der Waals surface area (Å²) in [6, 6.07) is 8.20. The maximum absolute atomic E-state index is 12.0. The Bertz CT molecular complexity index is 924. The number of hydrogen-bond acceptors (Lipinski definition) is 7. The quantitative estimate of drug-likeness (QED) is 0.362. The number of nitro groups is 1. The molecule has 0 amide bonds. The van der Waals surface area contributed by atoms with E-state index in [9.17, 15) is 14.9 Å². The first-order valence-electron chi connectivity index (χ1n) is 8.21. The largest absolute Gasteiger partial charge is 0.459 e. The van der Waals surface area contributed by atoms with Crippen molar-refractivity contribution in [3.8, 4) is 0 Å². The Kier molecular flexibility index (Phi) is 4.00. The fourth-order valence-electron chi connectivity index (χ4n) is 3.07. The Balaban J connectivity index is 1.67. The van der Waals surface area contributed by atoms with Crippen LogP contribution in [0.25, 0.3) is 6.08 Å². The summed E-state index contributed by atoms with van der Waals surface area (Å²) < 4.78 is 10.2. The van der Waals surface area contributed by atoms with E-state index in [-0.39, 0.29) is 17.3 Å². The van der Waals surface area contributed by atoms with Gasteiger partial charge >= 0.3 is 5.97 Å². The third kappa shape index (κ3) is 2.97. The normalized spacial score (nSPS) is 18.3. The molecule has 26 heavy (non-hydrogen) atoms. The van der Waals surface area contributed by atoms with Gasteiger partial charge in [0, 0.05) is 19.2 Å². The third-order valence-electron chi connectivity index (χ3n) is 4.30. The monoisotopic (exact) mass is 353 g/mol. The number of carbonyl (C=O) groups is 1. The highest BCUT2D eigenvalue weighted by Gasteiger charge is 2.27. The van der Waals surface area contributed by atoms with Crippen molar-refractivity contribution in [2.24, 2.45) is 4.99 Å². The standard InChI is InChI=1S/C18H15N3O5/c22-18-13(19-17(26-18)16-4-3-9-25-16)10-12-5-6-14(15(11-12)21(23)24)20-7-1-2-8-20/h3-6,9-11H,1-2,7-8H2. The van der Waals surface area contributed by atoms with E-state index in [4.69, 9.17) is 9.15 Å². The van der Waals surface area contributed by atoms with Crippen molar-refractivity contribution in [1.82, 2.24) is 0 Å². The number of carbonyl (C=O) groups excluding carboxylic acids is 1. The first kappa shape index (κ1) is 16.1. The molecule has 1 saturated heterocycles. The maximum atomic E-state index is 12.0. The Morgan fingerprint density at radius 1 is 1.23 bits per heavy atom. The maximum Gasteiger partial charge on any atom is 0.363 e. The number of ether oxygens (including phenoxy) is 1. The van der Waals surface area contributed by atoms with Crippen molar-refractivity contribution < 1.29 is 18.9 Å². The molecule has 1 aromatic carbocycles. The van der Waals surface area contributed by atoms with E-state index in [1.54, 1.807) is 24.3 Å². The lowest BCUT2D eigenvalue weighted by Crippen LogP contribution is -2.18. The molecule has 0 aliphatic carbocycles. The van der Waals surface area contributed by atoms with Crippen molar-refractivity contribution >= 4 is 29.3 Å². The molecule has 1 aromatic heterocycles. The number of cyclic esters (lactones) is 1. The molecule has 0 atom stereocenters. The van der Waals surface area contributed by atoms with Gasteiger partial charge in [-0.1, -0.05) is 6.07 Å². The fraction of sp³-hybridized carbons (Fsp3) is 0.222. The van der Waals surface area contributed by atoms with E-state index in [2.05, 4.69) is 4.99 Å². The first-order chi connectivity index (χ1) is 12.6. The van der Waals surface area contributed by atoms with Gasteiger partial charge in [0.2, 0.25) is 0 Å². The molecule has 0 radical (unpaired) electrons. The number of nitro benzene ring substituents is 1. The van der Waals surface area contributed by atoms with Crippen LogP contribution in [0, 0.1) is 10.1 Å². The molecular weight excluding hydrogens is 338 g/mol. The van der Waals surface area contributed by atoms with Gasteiger partial charge in [-0.2, -0.15) is 0 Å². The second kappa shape index (κ2) is 6.47. The Hall–Kier alpha value is -3.42. The van der Waals surface area contributed by atoms with E-state index < -0.39 is 10.9 Å². The summed E-state index contributed by atoms with van der Waals surface area (Å²) in [7, 11) is 0. The predicted molar refractivity (Wildman–Crippen MR) is 93.9 cm³/mol. The van der Waals surface area contributed by atoms with Crippen molar-refractivity contribution in [3.05, 3.63) is 63.7 Å². The fourth-order valence-corrected chi connectivity index (χ4v) is 3.07. The molecule has 2 aliphatic rings. The molecular formula is C18H15N3O5. The minimum Gasteiger partial charge on any atom is -0.459 e. The van der Waals surface area contributed by atoms with Crippen LogP contribution in [0.15, 0.2) is 51.7 Å². The number of nitrogens with zero attached hydrogens (tertiary/aromatic N) is 3. The molecule has 0 unspecified atom stereocenters.